The molecule has 0 aliphatic carbocycles. The van der Waals surface area contributed by atoms with Crippen molar-refractivity contribution in [1.29, 1.82) is 0 Å². The van der Waals surface area contributed by atoms with Crippen LogP contribution in [0.15, 0.2) is 47.6 Å². The minimum Gasteiger partial charge on any atom is -0.480 e. The lowest BCUT2D eigenvalue weighted by Gasteiger charge is -2.31. The third-order valence-electron chi connectivity index (χ3n) is 3.82. The Labute approximate surface area is 163 Å². The number of nitrogens with zero attached hydrogens (tertiary/aromatic N) is 4. The Bertz CT molecular complexity index is 917. The summed E-state index contributed by atoms with van der Waals surface area (Å²) in [4.78, 5) is 4.19. The maximum atomic E-state index is 13.9. The molecule has 0 aliphatic heterocycles. The third-order valence-corrected chi connectivity index (χ3v) is 5.24. The van der Waals surface area contributed by atoms with E-state index in [1.54, 1.807) is 19.1 Å². The van der Waals surface area contributed by atoms with E-state index in [1.807, 2.05) is 0 Å². The molecule has 1 atom stereocenters. The van der Waals surface area contributed by atoms with Gasteiger partial charge in [-0.2, -0.15) is 13.2 Å². The lowest BCUT2D eigenvalue weighted by molar-refractivity contribution is -0.172. The fraction of sp³-hybridized carbons (Fsp3) is 0.294. The van der Waals surface area contributed by atoms with Crippen LogP contribution in [0.3, 0.4) is 0 Å². The van der Waals surface area contributed by atoms with Crippen LogP contribution < -0.4 is 4.74 Å². The molecule has 0 saturated heterocycles. The van der Waals surface area contributed by atoms with Crippen LogP contribution in [0.5, 0.6) is 5.88 Å². The fourth-order valence-electron chi connectivity index (χ4n) is 2.59. The molecule has 0 saturated carbocycles. The topological polar surface area (TPSA) is 42.7 Å². The highest BCUT2D eigenvalue weighted by Crippen LogP contribution is 2.42. The quantitative estimate of drug-likeness (QED) is 0.527. The van der Waals surface area contributed by atoms with E-state index in [4.69, 9.17) is 16.3 Å². The average Bonchev–Trinajstić information content (AvgIpc) is 3.03. The maximum Gasteiger partial charge on any atom is 0.408 e. The number of halogens is 4. The van der Waals surface area contributed by atoms with E-state index in [1.165, 1.54) is 46.4 Å². The van der Waals surface area contributed by atoms with Gasteiger partial charge in [-0.1, -0.05) is 30.7 Å². The number of hydrogen-bond donors (Lipinski definition) is 0. The lowest BCUT2D eigenvalue weighted by Crippen LogP contribution is -2.34. The van der Waals surface area contributed by atoms with E-state index < -0.39 is 12.2 Å². The van der Waals surface area contributed by atoms with Crippen molar-refractivity contribution >= 4 is 29.2 Å². The molecule has 10 heteroatoms. The summed E-state index contributed by atoms with van der Waals surface area (Å²) in [6.45, 7) is 1.81. The minimum atomic E-state index is -4.47. The highest BCUT2D eigenvalue weighted by atomic mass is 35.5. The molecule has 0 fully saturated rings. The first-order chi connectivity index (χ1) is 12.8. The summed E-state index contributed by atoms with van der Waals surface area (Å²) in [6, 6.07) is 7.20. The van der Waals surface area contributed by atoms with Crippen LogP contribution in [0, 0.1) is 0 Å². The SMILES string of the molecule is CCN(Sc1cnc2ccc(OC)nn12)C(c1ccc(Cl)cc1)C(F)(F)F. The molecule has 0 radical (unpaired) electrons. The zero-order valence-corrected chi connectivity index (χ0v) is 16.0. The normalized spacial score (nSPS) is 13.3. The predicted molar refractivity (Wildman–Crippen MR) is 98.0 cm³/mol. The van der Waals surface area contributed by atoms with Gasteiger partial charge in [-0.3, -0.25) is 0 Å². The first-order valence-electron chi connectivity index (χ1n) is 7.99. The molecule has 1 aromatic carbocycles. The molecule has 0 amide bonds. The Morgan fingerprint density at radius 3 is 2.52 bits per heavy atom. The van der Waals surface area contributed by atoms with Crippen LogP contribution in [-0.4, -0.2) is 38.7 Å². The average molecular weight is 417 g/mol. The summed E-state index contributed by atoms with van der Waals surface area (Å²) in [5, 5.41) is 5.07. The first kappa shape index (κ1) is 19.8. The molecule has 0 spiro atoms. The maximum absolute atomic E-state index is 13.9. The molecular weight excluding hydrogens is 401 g/mol. The Morgan fingerprint density at radius 2 is 1.93 bits per heavy atom. The van der Waals surface area contributed by atoms with E-state index in [-0.39, 0.29) is 12.1 Å². The fourth-order valence-corrected chi connectivity index (χ4v) is 3.74. The molecule has 3 aromatic rings. The largest absolute Gasteiger partial charge is 0.480 e. The molecule has 144 valence electrons. The van der Waals surface area contributed by atoms with Gasteiger partial charge in [0.25, 0.3) is 0 Å². The molecule has 2 heterocycles. The van der Waals surface area contributed by atoms with Gasteiger partial charge >= 0.3 is 6.18 Å². The van der Waals surface area contributed by atoms with Crippen LogP contribution in [0.25, 0.3) is 5.65 Å². The molecule has 0 N–H and O–H groups in total. The van der Waals surface area contributed by atoms with Crippen LogP contribution in [0.4, 0.5) is 13.2 Å². The van der Waals surface area contributed by atoms with Gasteiger partial charge in [0.2, 0.25) is 5.88 Å². The molecule has 0 bridgehead atoms. The van der Waals surface area contributed by atoms with E-state index in [0.29, 0.717) is 21.6 Å². The molecule has 0 aliphatic rings. The van der Waals surface area contributed by atoms with Crippen molar-refractivity contribution in [3.05, 3.63) is 53.2 Å². The molecule has 3 rings (SSSR count). The Morgan fingerprint density at radius 1 is 1.22 bits per heavy atom. The molecule has 27 heavy (non-hydrogen) atoms. The van der Waals surface area contributed by atoms with Crippen molar-refractivity contribution in [2.45, 2.75) is 24.2 Å². The number of aromatic nitrogens is 3. The summed E-state index contributed by atoms with van der Waals surface area (Å²) in [5.41, 5.74) is 0.630. The van der Waals surface area contributed by atoms with Crippen LogP contribution in [-0.2, 0) is 0 Å². The number of imidazole rings is 1. The number of alkyl halides is 3. The van der Waals surface area contributed by atoms with Gasteiger partial charge in [-0.25, -0.2) is 13.8 Å². The predicted octanol–water partition coefficient (Wildman–Crippen LogP) is 5.02. The number of fused-ring (bicyclic) bond motifs is 1. The monoisotopic (exact) mass is 416 g/mol. The second-order valence-electron chi connectivity index (χ2n) is 5.56. The summed E-state index contributed by atoms with van der Waals surface area (Å²) in [6.07, 6.45) is -2.98. The molecule has 5 nitrogen and oxygen atoms in total. The standard InChI is InChI=1S/C17H16ClF3N4OS/c1-3-24(16(17(19,20)21)11-4-6-12(18)7-5-11)27-15-10-22-13-8-9-14(26-2)23-25(13)15/h4-10,16H,3H2,1-2H3. The summed E-state index contributed by atoms with van der Waals surface area (Å²) < 4.78 is 49.4. The van der Waals surface area contributed by atoms with E-state index >= 15 is 0 Å². The highest BCUT2D eigenvalue weighted by molar-refractivity contribution is 7.97. The minimum absolute atomic E-state index is 0.112. The molecular formula is C17H16ClF3N4OS. The van der Waals surface area contributed by atoms with Crippen LogP contribution in [0.1, 0.15) is 18.5 Å². The van der Waals surface area contributed by atoms with Gasteiger partial charge in [-0.15, -0.1) is 5.10 Å². The van der Waals surface area contributed by atoms with E-state index in [0.717, 1.165) is 11.9 Å². The highest BCUT2D eigenvalue weighted by Gasteiger charge is 2.45. The van der Waals surface area contributed by atoms with Crippen LogP contribution in [0.2, 0.25) is 5.02 Å². The van der Waals surface area contributed by atoms with E-state index in [9.17, 15) is 13.2 Å². The number of ether oxygens (including phenoxy) is 1. The number of benzene rings is 1. The zero-order chi connectivity index (χ0) is 19.6. The van der Waals surface area contributed by atoms with Gasteiger partial charge in [0.05, 0.1) is 13.3 Å². The van der Waals surface area contributed by atoms with Gasteiger partial charge in [-0.05, 0) is 35.7 Å². The summed E-state index contributed by atoms with van der Waals surface area (Å²) in [5.74, 6) is 0.343. The van der Waals surface area contributed by atoms with Crippen molar-refractivity contribution in [2.75, 3.05) is 13.7 Å². The third kappa shape index (κ3) is 4.31. The second kappa shape index (κ2) is 7.95. The van der Waals surface area contributed by atoms with Gasteiger partial charge < -0.3 is 4.74 Å². The summed E-state index contributed by atoms with van der Waals surface area (Å²) >= 11 is 6.76. The van der Waals surface area contributed by atoms with E-state index in [2.05, 4.69) is 10.1 Å². The lowest BCUT2D eigenvalue weighted by atomic mass is 10.1. The second-order valence-corrected chi connectivity index (χ2v) is 7.07. The Kier molecular flexibility index (Phi) is 5.83. The smallest absolute Gasteiger partial charge is 0.408 e. The summed E-state index contributed by atoms with van der Waals surface area (Å²) in [7, 11) is 1.47. The Balaban J connectivity index is 1.98. The van der Waals surface area contributed by atoms with Crippen molar-refractivity contribution in [3.8, 4) is 5.88 Å². The number of rotatable bonds is 6. The number of methoxy groups -OCH3 is 1. The molecule has 2 aromatic heterocycles. The first-order valence-corrected chi connectivity index (χ1v) is 9.14. The van der Waals surface area contributed by atoms with Crippen molar-refractivity contribution < 1.29 is 17.9 Å². The zero-order valence-electron chi connectivity index (χ0n) is 14.4. The number of hydrogen-bond acceptors (Lipinski definition) is 5. The molecule has 1 unspecified atom stereocenters. The van der Waals surface area contributed by atoms with Crippen molar-refractivity contribution in [1.82, 2.24) is 18.9 Å². The Hall–Kier alpha value is -1.97. The van der Waals surface area contributed by atoms with Crippen molar-refractivity contribution in [2.24, 2.45) is 0 Å². The van der Waals surface area contributed by atoms with Gasteiger partial charge in [0.15, 0.2) is 5.65 Å². The van der Waals surface area contributed by atoms with Crippen molar-refractivity contribution in [3.63, 3.8) is 0 Å². The van der Waals surface area contributed by atoms with Crippen LogP contribution >= 0.6 is 23.5 Å². The van der Waals surface area contributed by atoms with Gasteiger partial charge in [0.1, 0.15) is 11.1 Å². The van der Waals surface area contributed by atoms with Gasteiger partial charge in [0, 0.05) is 17.6 Å².